The van der Waals surface area contributed by atoms with Crippen molar-refractivity contribution in [3.63, 3.8) is 0 Å². The highest BCUT2D eigenvalue weighted by atomic mass is 16.5. The van der Waals surface area contributed by atoms with Crippen LogP contribution in [0.25, 0.3) is 0 Å². The fraction of sp³-hybridized carbons (Fsp3) is 0.526. The first-order valence-electron chi connectivity index (χ1n) is 9.24. The summed E-state index contributed by atoms with van der Waals surface area (Å²) < 4.78 is 13.5. The lowest BCUT2D eigenvalue weighted by Crippen LogP contribution is -2.37. The maximum Gasteiger partial charge on any atom is 0.213 e. The Morgan fingerprint density at radius 3 is 3.04 bits per heavy atom. The number of hydrogen-bond donors (Lipinski definition) is 0. The minimum atomic E-state index is 0.386. The lowest BCUT2D eigenvalue weighted by Gasteiger charge is -2.28. The van der Waals surface area contributed by atoms with Gasteiger partial charge in [0, 0.05) is 44.4 Å². The average Bonchev–Trinajstić information content (AvgIpc) is 2.99. The molecule has 2 aliphatic rings. The topological polar surface area (TPSA) is 65.3 Å². The molecule has 0 aliphatic carbocycles. The Morgan fingerprint density at radius 2 is 2.23 bits per heavy atom. The van der Waals surface area contributed by atoms with E-state index in [9.17, 15) is 0 Å². The molecular weight excluding hydrogens is 330 g/mol. The summed E-state index contributed by atoms with van der Waals surface area (Å²) in [5, 5.41) is 8.75. The summed E-state index contributed by atoms with van der Waals surface area (Å²) >= 11 is 0. The summed E-state index contributed by atoms with van der Waals surface area (Å²) in [5.41, 5.74) is 1.39. The van der Waals surface area contributed by atoms with Crippen LogP contribution in [-0.4, -0.2) is 57.0 Å². The normalized spacial score (nSPS) is 21.0. The Bertz CT molecular complexity index is 759. The van der Waals surface area contributed by atoms with Crippen LogP contribution in [0.15, 0.2) is 36.0 Å². The number of fused-ring (bicyclic) bond motifs is 1. The van der Waals surface area contributed by atoms with Crippen LogP contribution in [0.4, 0.5) is 0 Å². The minimum absolute atomic E-state index is 0.386. The maximum absolute atomic E-state index is 5.76. The molecule has 0 spiro atoms. The fourth-order valence-corrected chi connectivity index (χ4v) is 3.52. The Morgan fingerprint density at radius 1 is 1.27 bits per heavy atom. The summed E-state index contributed by atoms with van der Waals surface area (Å²) in [6, 6.07) is 6.06. The molecule has 4 heterocycles. The van der Waals surface area contributed by atoms with Gasteiger partial charge in [0.25, 0.3) is 0 Å². The SMILES string of the molecule is C[C@H]1Cc2nnc(COc3ccccn3)n2CCN1CC1=CCCOC1. The summed E-state index contributed by atoms with van der Waals surface area (Å²) in [5.74, 6) is 2.51. The largest absolute Gasteiger partial charge is 0.469 e. The molecule has 0 fully saturated rings. The van der Waals surface area contributed by atoms with Crippen LogP contribution in [-0.2, 0) is 24.3 Å². The first-order chi connectivity index (χ1) is 12.8. The van der Waals surface area contributed by atoms with Gasteiger partial charge in [-0.05, 0) is 25.0 Å². The van der Waals surface area contributed by atoms with Gasteiger partial charge in [0.2, 0.25) is 5.88 Å². The Hall–Kier alpha value is -2.25. The standard InChI is InChI=1S/C19H25N5O2/c1-15-11-17-21-22-18(14-26-19-6-2-3-7-20-19)24(17)9-8-23(15)12-16-5-4-10-25-13-16/h2-3,5-7,15H,4,8-14H2,1H3/t15-/m0/s1. The van der Waals surface area contributed by atoms with Gasteiger partial charge in [-0.3, -0.25) is 4.90 Å². The van der Waals surface area contributed by atoms with Crippen LogP contribution in [0, 0.1) is 0 Å². The van der Waals surface area contributed by atoms with Gasteiger partial charge in [-0.25, -0.2) is 4.98 Å². The van der Waals surface area contributed by atoms with Crippen LogP contribution >= 0.6 is 0 Å². The van der Waals surface area contributed by atoms with Crippen molar-refractivity contribution in [1.29, 1.82) is 0 Å². The van der Waals surface area contributed by atoms with Crippen molar-refractivity contribution in [2.45, 2.75) is 39.0 Å². The molecule has 4 rings (SSSR count). The van der Waals surface area contributed by atoms with E-state index in [1.165, 1.54) is 5.57 Å². The Kier molecular flexibility index (Phi) is 5.26. The molecule has 2 aromatic rings. The zero-order valence-corrected chi connectivity index (χ0v) is 15.2. The van der Waals surface area contributed by atoms with E-state index in [1.807, 2.05) is 18.2 Å². The molecule has 0 saturated carbocycles. The highest BCUT2D eigenvalue weighted by molar-refractivity contribution is 5.11. The second-order valence-corrected chi connectivity index (χ2v) is 6.87. The van der Waals surface area contributed by atoms with Crippen LogP contribution < -0.4 is 4.74 Å². The lowest BCUT2D eigenvalue weighted by atomic mass is 10.1. The van der Waals surface area contributed by atoms with Crippen LogP contribution in [0.5, 0.6) is 5.88 Å². The number of ether oxygens (including phenoxy) is 2. The second kappa shape index (κ2) is 7.97. The number of nitrogens with zero attached hydrogens (tertiary/aromatic N) is 5. The maximum atomic E-state index is 5.76. The van der Waals surface area contributed by atoms with Gasteiger partial charge < -0.3 is 14.0 Å². The van der Waals surface area contributed by atoms with Gasteiger partial charge >= 0.3 is 0 Å². The van der Waals surface area contributed by atoms with Gasteiger partial charge in [-0.2, -0.15) is 0 Å². The summed E-state index contributed by atoms with van der Waals surface area (Å²) in [7, 11) is 0. The van der Waals surface area contributed by atoms with Gasteiger partial charge in [-0.15, -0.1) is 10.2 Å². The fourth-order valence-electron chi connectivity index (χ4n) is 3.52. The third kappa shape index (κ3) is 3.94. The van der Waals surface area contributed by atoms with Gasteiger partial charge in [-0.1, -0.05) is 12.1 Å². The molecular formula is C19H25N5O2. The van der Waals surface area contributed by atoms with E-state index in [0.29, 0.717) is 18.5 Å². The monoisotopic (exact) mass is 355 g/mol. The second-order valence-electron chi connectivity index (χ2n) is 6.87. The average molecular weight is 355 g/mol. The van der Waals surface area contributed by atoms with Crippen molar-refractivity contribution in [3.8, 4) is 5.88 Å². The summed E-state index contributed by atoms with van der Waals surface area (Å²) in [6.07, 6.45) is 5.97. The first kappa shape index (κ1) is 17.2. The van der Waals surface area contributed by atoms with E-state index in [1.54, 1.807) is 6.20 Å². The number of hydrogen-bond acceptors (Lipinski definition) is 6. The van der Waals surface area contributed by atoms with Crippen molar-refractivity contribution in [2.75, 3.05) is 26.3 Å². The summed E-state index contributed by atoms with van der Waals surface area (Å²) in [6.45, 7) is 7.08. The quantitative estimate of drug-likeness (QED) is 0.763. The summed E-state index contributed by atoms with van der Waals surface area (Å²) in [4.78, 5) is 6.70. The van der Waals surface area contributed by atoms with E-state index in [2.05, 4.69) is 37.6 Å². The third-order valence-corrected chi connectivity index (χ3v) is 4.99. The number of aromatic nitrogens is 4. The molecule has 0 radical (unpaired) electrons. The van der Waals surface area contributed by atoms with E-state index >= 15 is 0 Å². The molecule has 0 unspecified atom stereocenters. The van der Waals surface area contributed by atoms with Gasteiger partial charge in [0.15, 0.2) is 5.82 Å². The van der Waals surface area contributed by atoms with E-state index in [0.717, 1.165) is 57.3 Å². The minimum Gasteiger partial charge on any atom is -0.469 e. The Balaban J connectivity index is 1.41. The van der Waals surface area contributed by atoms with Crippen molar-refractivity contribution in [1.82, 2.24) is 24.6 Å². The number of rotatable bonds is 5. The molecule has 0 N–H and O–H groups in total. The van der Waals surface area contributed by atoms with Crippen LogP contribution in [0.1, 0.15) is 25.0 Å². The molecule has 0 aromatic carbocycles. The van der Waals surface area contributed by atoms with Gasteiger partial charge in [0.05, 0.1) is 13.2 Å². The number of pyridine rings is 1. The van der Waals surface area contributed by atoms with Crippen LogP contribution in [0.2, 0.25) is 0 Å². The smallest absolute Gasteiger partial charge is 0.213 e. The zero-order valence-electron chi connectivity index (χ0n) is 15.2. The van der Waals surface area contributed by atoms with Crippen molar-refractivity contribution < 1.29 is 9.47 Å². The lowest BCUT2D eigenvalue weighted by molar-refractivity contribution is 0.136. The predicted molar refractivity (Wildman–Crippen MR) is 96.8 cm³/mol. The molecule has 2 aliphatic heterocycles. The molecule has 2 aromatic heterocycles. The van der Waals surface area contributed by atoms with Crippen LogP contribution in [0.3, 0.4) is 0 Å². The zero-order chi connectivity index (χ0) is 17.8. The molecule has 0 saturated heterocycles. The van der Waals surface area contributed by atoms with E-state index in [-0.39, 0.29) is 0 Å². The van der Waals surface area contributed by atoms with E-state index in [4.69, 9.17) is 9.47 Å². The molecule has 26 heavy (non-hydrogen) atoms. The van der Waals surface area contributed by atoms with E-state index < -0.39 is 0 Å². The third-order valence-electron chi connectivity index (χ3n) is 4.99. The highest BCUT2D eigenvalue weighted by Crippen LogP contribution is 2.18. The molecule has 0 bridgehead atoms. The molecule has 0 amide bonds. The van der Waals surface area contributed by atoms with Crippen molar-refractivity contribution in [3.05, 3.63) is 47.7 Å². The van der Waals surface area contributed by atoms with Gasteiger partial charge in [0.1, 0.15) is 12.4 Å². The Labute approximate surface area is 153 Å². The first-order valence-corrected chi connectivity index (χ1v) is 9.24. The van der Waals surface area contributed by atoms with Crippen molar-refractivity contribution >= 4 is 0 Å². The molecule has 1 atom stereocenters. The molecule has 138 valence electrons. The molecule has 7 heteroatoms. The molecule has 7 nitrogen and oxygen atoms in total. The van der Waals surface area contributed by atoms with Crippen molar-refractivity contribution in [2.24, 2.45) is 0 Å². The predicted octanol–water partition coefficient (Wildman–Crippen LogP) is 1.85. The highest BCUT2D eigenvalue weighted by Gasteiger charge is 2.25.